The van der Waals surface area contributed by atoms with E-state index in [1.165, 1.54) is 6.07 Å². The summed E-state index contributed by atoms with van der Waals surface area (Å²) in [5, 5.41) is 10.7. The Hall–Kier alpha value is -3.28. The van der Waals surface area contributed by atoms with Crippen molar-refractivity contribution >= 4 is 23.3 Å². The fourth-order valence-electron chi connectivity index (χ4n) is 3.67. The molecule has 1 heterocycles. The van der Waals surface area contributed by atoms with Crippen molar-refractivity contribution in [2.45, 2.75) is 52.1 Å². The first kappa shape index (κ1) is 22.4. The van der Waals surface area contributed by atoms with Crippen molar-refractivity contribution in [3.63, 3.8) is 0 Å². The second-order valence-corrected chi connectivity index (χ2v) is 8.05. The Balaban J connectivity index is 2.00. The molecule has 0 spiro atoms. The molecule has 6 heteroatoms. The molecule has 0 amide bonds. The SMILES string of the molecule is C[C@@H]1CCC(=O)C(=O)C(=O)CCCc2cc(-c3ccccc3)cc(O)c2C(=O)O[C@H]1C. The van der Waals surface area contributed by atoms with Gasteiger partial charge in [0.2, 0.25) is 11.6 Å². The Morgan fingerprint density at radius 3 is 2.26 bits per heavy atom. The van der Waals surface area contributed by atoms with Crippen LogP contribution in [0.3, 0.4) is 0 Å². The highest BCUT2D eigenvalue weighted by Crippen LogP contribution is 2.32. The number of phenols is 1. The minimum Gasteiger partial charge on any atom is -0.507 e. The summed E-state index contributed by atoms with van der Waals surface area (Å²) in [6.07, 6.45) is 0.169. The van der Waals surface area contributed by atoms with Gasteiger partial charge in [0, 0.05) is 12.8 Å². The number of rotatable bonds is 1. The highest BCUT2D eigenvalue weighted by molar-refractivity contribution is 6.63. The molecule has 0 bridgehead atoms. The number of cyclic esters (lactones) is 1. The van der Waals surface area contributed by atoms with Gasteiger partial charge in [-0.1, -0.05) is 43.3 Å². The van der Waals surface area contributed by atoms with Crippen molar-refractivity contribution in [2.24, 2.45) is 5.92 Å². The van der Waals surface area contributed by atoms with Crippen molar-refractivity contribution in [1.82, 2.24) is 0 Å². The number of aryl methyl sites for hydroxylation is 1. The molecule has 2 atom stereocenters. The largest absolute Gasteiger partial charge is 0.507 e. The van der Waals surface area contributed by atoms with Crippen LogP contribution in [0.2, 0.25) is 0 Å². The van der Waals surface area contributed by atoms with Gasteiger partial charge >= 0.3 is 5.97 Å². The summed E-state index contributed by atoms with van der Waals surface area (Å²) in [5.74, 6) is -3.40. The Kier molecular flexibility index (Phi) is 7.00. The molecule has 0 saturated heterocycles. The normalized spacial score (nSPS) is 21.2. The molecule has 31 heavy (non-hydrogen) atoms. The minimum atomic E-state index is -0.963. The van der Waals surface area contributed by atoms with Crippen LogP contribution in [0.25, 0.3) is 11.1 Å². The van der Waals surface area contributed by atoms with Gasteiger partial charge in [-0.3, -0.25) is 14.4 Å². The van der Waals surface area contributed by atoms with Crippen LogP contribution in [-0.2, 0) is 25.5 Å². The van der Waals surface area contributed by atoms with Crippen LogP contribution in [0.1, 0.15) is 55.5 Å². The summed E-state index contributed by atoms with van der Waals surface area (Å²) in [6.45, 7) is 3.52. The molecule has 0 saturated carbocycles. The van der Waals surface area contributed by atoms with Gasteiger partial charge in [0.1, 0.15) is 17.4 Å². The zero-order valence-electron chi connectivity index (χ0n) is 17.7. The predicted octanol–water partition coefficient (Wildman–Crippen LogP) is 4.06. The van der Waals surface area contributed by atoms with Crippen LogP contribution >= 0.6 is 0 Å². The van der Waals surface area contributed by atoms with E-state index >= 15 is 0 Å². The Labute approximate surface area is 181 Å². The lowest BCUT2D eigenvalue weighted by molar-refractivity contribution is -0.144. The molecular formula is C25H26O6. The first-order chi connectivity index (χ1) is 14.8. The zero-order chi connectivity index (χ0) is 22.5. The number of hydrogen-bond donors (Lipinski definition) is 1. The third kappa shape index (κ3) is 5.26. The standard InChI is InChI=1S/C25H26O6/c1-15-11-12-21(27)24(29)20(26)10-6-9-18-13-19(17-7-4-3-5-8-17)14-22(28)23(18)25(30)31-16(15)2/h3-5,7-8,13-16,28H,6,9-12H2,1-2H3/t15-,16+/m1/s1. The van der Waals surface area contributed by atoms with E-state index in [0.29, 0.717) is 12.0 Å². The third-order valence-corrected chi connectivity index (χ3v) is 5.79. The first-order valence-electron chi connectivity index (χ1n) is 10.5. The van der Waals surface area contributed by atoms with E-state index in [4.69, 9.17) is 4.74 Å². The molecule has 0 unspecified atom stereocenters. The van der Waals surface area contributed by atoms with Crippen LogP contribution in [0.5, 0.6) is 5.75 Å². The second-order valence-electron chi connectivity index (χ2n) is 8.05. The van der Waals surface area contributed by atoms with Crippen molar-refractivity contribution in [3.8, 4) is 16.9 Å². The zero-order valence-corrected chi connectivity index (χ0v) is 17.7. The number of ether oxygens (including phenoxy) is 1. The summed E-state index contributed by atoms with van der Waals surface area (Å²) < 4.78 is 5.58. The summed E-state index contributed by atoms with van der Waals surface area (Å²) in [7, 11) is 0. The van der Waals surface area contributed by atoms with Crippen molar-refractivity contribution in [1.29, 1.82) is 0 Å². The number of aromatic hydroxyl groups is 1. The summed E-state index contributed by atoms with van der Waals surface area (Å²) in [5.41, 5.74) is 2.20. The van der Waals surface area contributed by atoms with Crippen LogP contribution < -0.4 is 0 Å². The van der Waals surface area contributed by atoms with E-state index in [0.717, 1.165) is 11.1 Å². The first-order valence-corrected chi connectivity index (χ1v) is 10.5. The van der Waals surface area contributed by atoms with Gasteiger partial charge < -0.3 is 9.84 Å². The van der Waals surface area contributed by atoms with Gasteiger partial charge in [0.15, 0.2) is 0 Å². The maximum absolute atomic E-state index is 12.9. The quantitative estimate of drug-likeness (QED) is 0.550. The number of esters is 1. The highest BCUT2D eigenvalue weighted by Gasteiger charge is 2.27. The third-order valence-electron chi connectivity index (χ3n) is 5.79. The molecule has 1 N–H and O–H groups in total. The Bertz CT molecular complexity index is 1010. The van der Waals surface area contributed by atoms with Crippen LogP contribution in [0.15, 0.2) is 42.5 Å². The lowest BCUT2D eigenvalue weighted by Gasteiger charge is -2.22. The van der Waals surface area contributed by atoms with Crippen molar-refractivity contribution in [3.05, 3.63) is 53.6 Å². The van der Waals surface area contributed by atoms with E-state index in [2.05, 4.69) is 0 Å². The van der Waals surface area contributed by atoms with Crippen molar-refractivity contribution < 1.29 is 29.0 Å². The molecule has 0 aliphatic carbocycles. The average molecular weight is 422 g/mol. The number of carbonyl (C=O) groups is 4. The monoisotopic (exact) mass is 422 g/mol. The van der Waals surface area contributed by atoms with Gasteiger partial charge in [0.05, 0.1) is 0 Å². The number of fused-ring (bicyclic) bond motifs is 1. The maximum atomic E-state index is 12.9. The van der Waals surface area contributed by atoms with Crippen molar-refractivity contribution in [2.75, 3.05) is 0 Å². The molecule has 0 radical (unpaired) electrons. The highest BCUT2D eigenvalue weighted by atomic mass is 16.5. The smallest absolute Gasteiger partial charge is 0.342 e. The topological polar surface area (TPSA) is 97.7 Å². The minimum absolute atomic E-state index is 0.0596. The Morgan fingerprint density at radius 2 is 1.55 bits per heavy atom. The molecule has 1 aliphatic heterocycles. The molecule has 6 nitrogen and oxygen atoms in total. The number of ketones is 3. The van der Waals surface area contributed by atoms with Gasteiger partial charge in [-0.2, -0.15) is 0 Å². The van der Waals surface area contributed by atoms with Crippen LogP contribution in [0, 0.1) is 5.92 Å². The molecule has 3 rings (SSSR count). The van der Waals surface area contributed by atoms with E-state index in [1.807, 2.05) is 37.3 Å². The molecular weight excluding hydrogens is 396 g/mol. The lowest BCUT2D eigenvalue weighted by atomic mass is 9.92. The average Bonchev–Trinajstić information content (AvgIpc) is 2.76. The van der Waals surface area contributed by atoms with E-state index in [1.54, 1.807) is 13.0 Å². The number of Topliss-reactive ketones (excluding diaryl/α,β-unsaturated/α-hetero) is 3. The fourth-order valence-corrected chi connectivity index (χ4v) is 3.67. The molecule has 0 aromatic heterocycles. The fraction of sp³-hybridized carbons (Fsp3) is 0.360. The summed E-state index contributed by atoms with van der Waals surface area (Å²) in [6, 6.07) is 12.7. The molecule has 2 aromatic carbocycles. The molecule has 162 valence electrons. The molecule has 0 fully saturated rings. The number of hydrogen-bond acceptors (Lipinski definition) is 6. The van der Waals surface area contributed by atoms with Crippen LogP contribution in [-0.4, -0.2) is 34.5 Å². The van der Waals surface area contributed by atoms with E-state index in [-0.39, 0.29) is 42.9 Å². The maximum Gasteiger partial charge on any atom is 0.342 e. The van der Waals surface area contributed by atoms with Gasteiger partial charge in [-0.25, -0.2) is 4.79 Å². The van der Waals surface area contributed by atoms with Gasteiger partial charge in [-0.15, -0.1) is 0 Å². The predicted molar refractivity (Wildman–Crippen MR) is 115 cm³/mol. The van der Waals surface area contributed by atoms with E-state index in [9.17, 15) is 24.3 Å². The van der Waals surface area contributed by atoms with Gasteiger partial charge in [0.25, 0.3) is 5.78 Å². The summed E-state index contributed by atoms with van der Waals surface area (Å²) in [4.78, 5) is 49.2. The van der Waals surface area contributed by atoms with Crippen LogP contribution in [0.4, 0.5) is 0 Å². The molecule has 2 aromatic rings. The van der Waals surface area contributed by atoms with E-state index < -0.39 is 29.4 Å². The molecule has 1 aliphatic rings. The number of carbonyl (C=O) groups excluding carboxylic acids is 4. The number of benzene rings is 2. The lowest BCUT2D eigenvalue weighted by Crippen LogP contribution is -2.27. The Morgan fingerprint density at radius 1 is 0.871 bits per heavy atom. The number of phenolic OH excluding ortho intramolecular Hbond substituents is 1. The van der Waals surface area contributed by atoms with Gasteiger partial charge in [-0.05, 0) is 54.9 Å². The second kappa shape index (κ2) is 9.69. The summed E-state index contributed by atoms with van der Waals surface area (Å²) >= 11 is 0.